The molecule has 2 aromatic carbocycles. The molecule has 2 N–H and O–H groups in total. The lowest BCUT2D eigenvalue weighted by Crippen LogP contribution is -2.29. The highest BCUT2D eigenvalue weighted by Crippen LogP contribution is 2.33. The Bertz CT molecular complexity index is 1180. The number of halogens is 1. The largest absolute Gasteiger partial charge is 0.454 e. The zero-order valence-corrected chi connectivity index (χ0v) is 16.4. The summed E-state index contributed by atoms with van der Waals surface area (Å²) >= 11 is 6.10. The number of benzene rings is 2. The minimum Gasteiger partial charge on any atom is -0.454 e. The van der Waals surface area contributed by atoms with Crippen molar-refractivity contribution >= 4 is 40.9 Å². The number of hydrogen-bond donors (Lipinski definition) is 1. The van der Waals surface area contributed by atoms with Crippen molar-refractivity contribution in [3.8, 4) is 6.07 Å². The lowest BCUT2D eigenvalue weighted by Gasteiger charge is -2.15. The van der Waals surface area contributed by atoms with Crippen LogP contribution >= 0.6 is 11.6 Å². The Labute approximate surface area is 176 Å². The average molecular weight is 424 g/mol. The molecule has 9 heteroatoms. The average Bonchev–Trinajstić information content (AvgIpc) is 2.96. The first-order valence-electron chi connectivity index (χ1n) is 8.60. The summed E-state index contributed by atoms with van der Waals surface area (Å²) in [6, 6.07) is 11.9. The van der Waals surface area contributed by atoms with Crippen molar-refractivity contribution in [3.63, 3.8) is 0 Å². The van der Waals surface area contributed by atoms with Crippen molar-refractivity contribution in [3.05, 3.63) is 75.4 Å². The molecule has 150 valence electrons. The predicted molar refractivity (Wildman–Crippen MR) is 107 cm³/mol. The number of anilines is 1. The van der Waals surface area contributed by atoms with E-state index in [0.717, 1.165) is 4.90 Å². The van der Waals surface area contributed by atoms with Crippen LogP contribution in [0.25, 0.3) is 0 Å². The quantitative estimate of drug-likeness (QED) is 0.338. The highest BCUT2D eigenvalue weighted by Gasteiger charge is 2.38. The minimum absolute atomic E-state index is 0.0103. The molecule has 0 unspecified atom stereocenters. The van der Waals surface area contributed by atoms with Gasteiger partial charge in [-0.05, 0) is 37.3 Å². The maximum Gasteiger partial charge on any atom is 0.338 e. The Morgan fingerprint density at radius 3 is 2.43 bits per heavy atom. The number of imide groups is 1. The molecule has 1 heterocycles. The van der Waals surface area contributed by atoms with Gasteiger partial charge in [-0.25, -0.2) is 9.69 Å². The van der Waals surface area contributed by atoms with E-state index in [1.807, 2.05) is 0 Å². The number of ketones is 1. The molecule has 30 heavy (non-hydrogen) atoms. The summed E-state index contributed by atoms with van der Waals surface area (Å²) in [7, 11) is 0. The molecular formula is C21H14ClN3O5. The second kappa shape index (κ2) is 8.19. The van der Waals surface area contributed by atoms with Gasteiger partial charge in [-0.3, -0.25) is 14.4 Å². The summed E-state index contributed by atoms with van der Waals surface area (Å²) in [6.07, 6.45) is 0. The molecule has 0 aliphatic carbocycles. The number of rotatable bonds is 5. The predicted octanol–water partition coefficient (Wildman–Crippen LogP) is 2.62. The van der Waals surface area contributed by atoms with Gasteiger partial charge in [-0.1, -0.05) is 23.7 Å². The van der Waals surface area contributed by atoms with E-state index in [4.69, 9.17) is 27.3 Å². The number of carbonyl (C=O) groups is 4. The van der Waals surface area contributed by atoms with E-state index < -0.39 is 30.2 Å². The molecular weight excluding hydrogens is 410 g/mol. The fraction of sp³-hybridized carbons (Fsp3) is 0.0952. The van der Waals surface area contributed by atoms with Gasteiger partial charge in [0.25, 0.3) is 11.8 Å². The van der Waals surface area contributed by atoms with Gasteiger partial charge in [-0.2, -0.15) is 5.26 Å². The van der Waals surface area contributed by atoms with Crippen molar-refractivity contribution in [2.45, 2.75) is 6.92 Å². The van der Waals surface area contributed by atoms with Gasteiger partial charge < -0.3 is 10.5 Å². The molecule has 0 radical (unpaired) electrons. The fourth-order valence-electron chi connectivity index (χ4n) is 2.88. The van der Waals surface area contributed by atoms with Crippen molar-refractivity contribution in [1.29, 1.82) is 5.26 Å². The van der Waals surface area contributed by atoms with Crippen LogP contribution in [0.15, 0.2) is 53.7 Å². The number of Topliss-reactive ketones (excluding diaryl/α,β-unsaturated/α-hetero) is 1. The number of esters is 1. The molecule has 2 amide bonds. The van der Waals surface area contributed by atoms with Crippen molar-refractivity contribution in [2.24, 2.45) is 5.73 Å². The number of hydrogen-bond acceptors (Lipinski definition) is 7. The number of nitrogens with two attached hydrogens (primary N) is 1. The van der Waals surface area contributed by atoms with E-state index in [9.17, 15) is 19.2 Å². The molecule has 0 atom stereocenters. The number of ether oxygens (including phenoxy) is 1. The van der Waals surface area contributed by atoms with Crippen LogP contribution in [0.4, 0.5) is 5.69 Å². The number of amides is 2. The lowest BCUT2D eigenvalue weighted by atomic mass is 10.1. The van der Waals surface area contributed by atoms with Gasteiger partial charge in [0.05, 0.1) is 27.4 Å². The number of carbonyl (C=O) groups excluding carboxylic acids is 4. The van der Waals surface area contributed by atoms with Gasteiger partial charge in [0.15, 0.2) is 6.61 Å². The molecule has 0 saturated carbocycles. The Kier molecular flexibility index (Phi) is 5.67. The molecule has 0 aromatic heterocycles. The fourth-order valence-corrected chi connectivity index (χ4v) is 3.10. The monoisotopic (exact) mass is 423 g/mol. The zero-order chi connectivity index (χ0) is 22.0. The molecule has 8 nitrogen and oxygen atoms in total. The maximum atomic E-state index is 12.8. The van der Waals surface area contributed by atoms with E-state index in [2.05, 4.69) is 0 Å². The topological polar surface area (TPSA) is 131 Å². The van der Waals surface area contributed by atoms with Gasteiger partial charge >= 0.3 is 5.97 Å². The summed E-state index contributed by atoms with van der Waals surface area (Å²) in [6.45, 7) is 0.693. The Balaban J connectivity index is 1.82. The third kappa shape index (κ3) is 3.66. The summed E-state index contributed by atoms with van der Waals surface area (Å²) in [5.41, 5.74) is 5.48. The van der Waals surface area contributed by atoms with Gasteiger partial charge in [0.1, 0.15) is 11.6 Å². The van der Waals surface area contributed by atoms with Crippen LogP contribution < -0.4 is 10.6 Å². The Hall–Kier alpha value is -3.96. The number of nitriles is 1. The lowest BCUT2D eigenvalue weighted by molar-refractivity contribution is -0.118. The highest BCUT2D eigenvalue weighted by molar-refractivity contribution is 6.39. The normalized spacial score (nSPS) is 13.4. The zero-order valence-electron chi connectivity index (χ0n) is 15.6. The molecule has 3 rings (SSSR count). The van der Waals surface area contributed by atoms with Crippen LogP contribution in [-0.4, -0.2) is 30.2 Å². The van der Waals surface area contributed by atoms with Gasteiger partial charge in [0.2, 0.25) is 5.78 Å². The molecule has 0 fully saturated rings. The van der Waals surface area contributed by atoms with Crippen molar-refractivity contribution < 1.29 is 23.9 Å². The van der Waals surface area contributed by atoms with E-state index in [0.29, 0.717) is 0 Å². The first kappa shape index (κ1) is 20.8. The molecule has 0 saturated heterocycles. The number of fused-ring (bicyclic) bond motifs is 1. The maximum absolute atomic E-state index is 12.8. The van der Waals surface area contributed by atoms with Crippen LogP contribution in [0.3, 0.4) is 0 Å². The molecule has 2 aromatic rings. The smallest absolute Gasteiger partial charge is 0.338 e. The van der Waals surface area contributed by atoms with Crippen molar-refractivity contribution in [2.75, 3.05) is 11.5 Å². The molecule has 1 aliphatic rings. The Morgan fingerprint density at radius 1 is 1.13 bits per heavy atom. The first-order chi connectivity index (χ1) is 14.3. The number of nitrogens with zero attached hydrogens (tertiary/aromatic N) is 2. The Morgan fingerprint density at radius 2 is 1.80 bits per heavy atom. The van der Waals surface area contributed by atoms with Gasteiger partial charge in [0, 0.05) is 5.70 Å². The number of allylic oxidation sites excluding steroid dienone is 1. The molecule has 0 bridgehead atoms. The van der Waals surface area contributed by atoms with Crippen molar-refractivity contribution in [1.82, 2.24) is 0 Å². The van der Waals surface area contributed by atoms with Gasteiger partial charge in [-0.15, -0.1) is 0 Å². The first-order valence-corrected chi connectivity index (χ1v) is 8.98. The van der Waals surface area contributed by atoms with Crippen LogP contribution in [0.5, 0.6) is 0 Å². The molecule has 0 spiro atoms. The summed E-state index contributed by atoms with van der Waals surface area (Å²) in [5, 5.41) is 9.14. The van der Waals surface area contributed by atoms with E-state index in [-0.39, 0.29) is 38.7 Å². The van der Waals surface area contributed by atoms with Crippen LogP contribution in [0.1, 0.15) is 38.0 Å². The minimum atomic E-state index is -0.894. The standard InChI is InChI=1S/C21H14ClN3O5/c1-11(24)15(9-23)18(26)10-30-21(29)12-6-7-13-14(8-12)20(28)25(19(13)27)17-5-3-2-4-16(17)22/h2-8H,10,24H2,1H3/b15-11-. The number of para-hydroxylation sites is 1. The third-order valence-electron chi connectivity index (χ3n) is 4.33. The third-order valence-corrected chi connectivity index (χ3v) is 4.65. The van der Waals surface area contributed by atoms with Crippen LogP contribution in [0.2, 0.25) is 5.02 Å². The van der Waals surface area contributed by atoms with E-state index >= 15 is 0 Å². The summed E-state index contributed by atoms with van der Waals surface area (Å²) in [4.78, 5) is 50.6. The second-order valence-corrected chi connectivity index (χ2v) is 6.73. The van der Waals surface area contributed by atoms with Crippen LogP contribution in [0, 0.1) is 11.3 Å². The summed E-state index contributed by atoms with van der Waals surface area (Å²) in [5.74, 6) is -2.85. The van der Waals surface area contributed by atoms with Crippen LogP contribution in [-0.2, 0) is 9.53 Å². The van der Waals surface area contributed by atoms with E-state index in [1.54, 1.807) is 24.3 Å². The second-order valence-electron chi connectivity index (χ2n) is 6.33. The summed E-state index contributed by atoms with van der Waals surface area (Å²) < 4.78 is 4.92. The molecule has 1 aliphatic heterocycles. The van der Waals surface area contributed by atoms with E-state index in [1.165, 1.54) is 31.2 Å². The SMILES string of the molecule is C/C(N)=C(\C#N)C(=O)COC(=O)c1ccc2c(c1)C(=O)N(c1ccccc1Cl)C2=O. The highest BCUT2D eigenvalue weighted by atomic mass is 35.5.